The van der Waals surface area contributed by atoms with Crippen molar-refractivity contribution in [1.82, 2.24) is 0 Å². The molecule has 0 fully saturated rings. The third-order valence-electron chi connectivity index (χ3n) is 4.86. The van der Waals surface area contributed by atoms with Crippen LogP contribution in [0.5, 0.6) is 11.5 Å². The minimum absolute atomic E-state index is 0.344. The number of benzene rings is 1. The van der Waals surface area contributed by atoms with Gasteiger partial charge in [-0.05, 0) is 92.5 Å². The molecule has 0 saturated heterocycles. The van der Waals surface area contributed by atoms with Gasteiger partial charge in [0.2, 0.25) is 0 Å². The highest BCUT2D eigenvalue weighted by molar-refractivity contribution is 5.36. The molecule has 2 nitrogen and oxygen atoms in total. The molecule has 1 aromatic carbocycles. The summed E-state index contributed by atoms with van der Waals surface area (Å²) in [5.41, 5.74) is 4.37. The van der Waals surface area contributed by atoms with E-state index in [4.69, 9.17) is 9.47 Å². The maximum Gasteiger partial charge on any atom is 0.124 e. The summed E-state index contributed by atoms with van der Waals surface area (Å²) in [5, 5.41) is 0. The Morgan fingerprint density at radius 2 is 1.00 bits per heavy atom. The Kier molecular flexibility index (Phi) is 6.32. The summed E-state index contributed by atoms with van der Waals surface area (Å²) >= 11 is 0. The number of hydrogen-bond acceptors (Lipinski definition) is 2. The highest BCUT2D eigenvalue weighted by atomic mass is 16.5. The second-order valence-electron chi connectivity index (χ2n) is 7.95. The minimum atomic E-state index is -0.344. The fourth-order valence-corrected chi connectivity index (χ4v) is 2.55. The molecule has 2 heteroatoms. The summed E-state index contributed by atoms with van der Waals surface area (Å²) in [5.74, 6) is 1.65. The molecule has 0 spiro atoms. The lowest BCUT2D eigenvalue weighted by Crippen LogP contribution is -2.31. The Bertz CT molecular complexity index is 584. The third-order valence-corrected chi connectivity index (χ3v) is 4.86. The van der Waals surface area contributed by atoms with Gasteiger partial charge in [0.15, 0.2) is 0 Å². The molecule has 0 N–H and O–H groups in total. The van der Waals surface area contributed by atoms with Crippen LogP contribution in [0.15, 0.2) is 46.6 Å². The van der Waals surface area contributed by atoms with E-state index < -0.39 is 0 Å². The van der Waals surface area contributed by atoms with Crippen LogP contribution in [0.4, 0.5) is 0 Å². The van der Waals surface area contributed by atoms with Crippen molar-refractivity contribution in [3.63, 3.8) is 0 Å². The van der Waals surface area contributed by atoms with Crippen LogP contribution in [-0.2, 0) is 0 Å². The smallest absolute Gasteiger partial charge is 0.124 e. The van der Waals surface area contributed by atoms with Crippen molar-refractivity contribution in [3.05, 3.63) is 46.6 Å². The van der Waals surface area contributed by atoms with Crippen LogP contribution in [0.3, 0.4) is 0 Å². The molecule has 24 heavy (non-hydrogen) atoms. The van der Waals surface area contributed by atoms with Crippen LogP contribution in [-0.4, -0.2) is 11.2 Å². The zero-order valence-corrected chi connectivity index (χ0v) is 17.1. The largest absolute Gasteiger partial charge is 0.483 e. The normalized spacial score (nSPS) is 11.8. The van der Waals surface area contributed by atoms with Crippen molar-refractivity contribution in [1.29, 1.82) is 0 Å². The van der Waals surface area contributed by atoms with Gasteiger partial charge in [-0.3, -0.25) is 0 Å². The van der Waals surface area contributed by atoms with Crippen LogP contribution >= 0.6 is 0 Å². The molecule has 0 heterocycles. The number of hydrogen-bond donors (Lipinski definition) is 0. The zero-order valence-electron chi connectivity index (χ0n) is 17.1. The van der Waals surface area contributed by atoms with Crippen molar-refractivity contribution >= 4 is 0 Å². The zero-order chi connectivity index (χ0) is 18.7. The van der Waals surface area contributed by atoms with Gasteiger partial charge in [-0.25, -0.2) is 0 Å². The summed E-state index contributed by atoms with van der Waals surface area (Å²) in [6.45, 7) is 21.1. The van der Waals surface area contributed by atoms with Crippen LogP contribution in [0.1, 0.15) is 69.2 Å². The number of ether oxygens (including phenoxy) is 2. The van der Waals surface area contributed by atoms with Gasteiger partial charge in [-0.15, -0.1) is 0 Å². The van der Waals surface area contributed by atoms with Gasteiger partial charge in [0, 0.05) is 6.07 Å². The summed E-state index contributed by atoms with van der Waals surface area (Å²) in [4.78, 5) is 0. The van der Waals surface area contributed by atoms with E-state index >= 15 is 0 Å². The Morgan fingerprint density at radius 3 is 1.29 bits per heavy atom. The number of allylic oxidation sites excluding steroid dienone is 2. The summed E-state index contributed by atoms with van der Waals surface area (Å²) in [6.07, 6.45) is 0. The first-order chi connectivity index (χ1) is 10.9. The maximum absolute atomic E-state index is 6.24. The average Bonchev–Trinajstić information content (AvgIpc) is 2.44. The molecule has 0 saturated carbocycles. The lowest BCUT2D eigenvalue weighted by molar-refractivity contribution is 0.137. The molecule has 134 valence electrons. The van der Waals surface area contributed by atoms with Gasteiger partial charge >= 0.3 is 0 Å². The Labute approximate surface area is 148 Å². The fraction of sp³-hybridized carbons (Fsp3) is 0.545. The molecule has 0 amide bonds. The van der Waals surface area contributed by atoms with Crippen molar-refractivity contribution in [2.75, 3.05) is 0 Å². The summed E-state index contributed by atoms with van der Waals surface area (Å²) in [7, 11) is 0. The molecule has 1 aromatic rings. The first-order valence-electron chi connectivity index (χ1n) is 8.64. The van der Waals surface area contributed by atoms with Gasteiger partial charge in [0.1, 0.15) is 22.7 Å². The Hall–Kier alpha value is -1.70. The minimum Gasteiger partial charge on any atom is -0.483 e. The van der Waals surface area contributed by atoms with Crippen LogP contribution in [0.2, 0.25) is 0 Å². The molecule has 0 atom stereocenters. The fourth-order valence-electron chi connectivity index (χ4n) is 2.55. The van der Waals surface area contributed by atoms with E-state index in [0.717, 1.165) is 11.5 Å². The lowest BCUT2D eigenvalue weighted by Gasteiger charge is -2.31. The standard InChI is InChI=1S/C22H34O2/c1-15(2)17(5)21(7,8)23-19-12-11-13-20(14-19)24-22(9,10)18(6)16(3)4/h11-14H,1-10H3. The molecule has 0 aliphatic carbocycles. The molecule has 0 aromatic heterocycles. The molecule has 0 aliphatic heterocycles. The second-order valence-corrected chi connectivity index (χ2v) is 7.95. The number of rotatable bonds is 6. The van der Waals surface area contributed by atoms with Crippen molar-refractivity contribution in [3.8, 4) is 11.5 Å². The quantitative estimate of drug-likeness (QED) is 0.539. The molecule has 0 bridgehead atoms. The first kappa shape index (κ1) is 20.3. The molecular formula is C22H34O2. The highest BCUT2D eigenvalue weighted by Gasteiger charge is 2.25. The van der Waals surface area contributed by atoms with E-state index in [1.165, 1.54) is 22.3 Å². The van der Waals surface area contributed by atoms with E-state index in [0.29, 0.717) is 0 Å². The van der Waals surface area contributed by atoms with Crippen LogP contribution in [0, 0.1) is 0 Å². The van der Waals surface area contributed by atoms with Gasteiger partial charge in [-0.1, -0.05) is 17.2 Å². The van der Waals surface area contributed by atoms with Crippen molar-refractivity contribution < 1.29 is 9.47 Å². The van der Waals surface area contributed by atoms with Gasteiger partial charge in [0.05, 0.1) is 0 Å². The van der Waals surface area contributed by atoms with Gasteiger partial charge in [-0.2, -0.15) is 0 Å². The lowest BCUT2D eigenvalue weighted by atomic mass is 9.95. The predicted octanol–water partition coefficient (Wildman–Crippen LogP) is 6.71. The van der Waals surface area contributed by atoms with Crippen molar-refractivity contribution in [2.45, 2.75) is 80.4 Å². The first-order valence-corrected chi connectivity index (χ1v) is 8.64. The van der Waals surface area contributed by atoms with E-state index in [-0.39, 0.29) is 11.2 Å². The van der Waals surface area contributed by atoms with E-state index in [2.05, 4.69) is 69.2 Å². The highest BCUT2D eigenvalue weighted by Crippen LogP contribution is 2.31. The molecule has 0 radical (unpaired) electrons. The molecule has 0 unspecified atom stereocenters. The average molecular weight is 331 g/mol. The maximum atomic E-state index is 6.24. The van der Waals surface area contributed by atoms with E-state index in [9.17, 15) is 0 Å². The van der Waals surface area contributed by atoms with Gasteiger partial charge < -0.3 is 9.47 Å². The molecule has 1 rings (SSSR count). The Balaban J connectivity index is 3.04. The van der Waals surface area contributed by atoms with Crippen LogP contribution in [0.25, 0.3) is 0 Å². The topological polar surface area (TPSA) is 18.5 Å². The Morgan fingerprint density at radius 1 is 0.667 bits per heavy atom. The van der Waals surface area contributed by atoms with Gasteiger partial charge in [0.25, 0.3) is 0 Å². The second kappa shape index (κ2) is 7.46. The molecular weight excluding hydrogens is 296 g/mol. The SMILES string of the molecule is CC(C)=C(C)C(C)(C)Oc1cccc(OC(C)(C)C(C)=C(C)C)c1. The van der Waals surface area contributed by atoms with E-state index in [1.807, 2.05) is 24.3 Å². The third kappa shape index (κ3) is 5.15. The van der Waals surface area contributed by atoms with Crippen molar-refractivity contribution in [2.24, 2.45) is 0 Å². The monoisotopic (exact) mass is 330 g/mol. The molecule has 0 aliphatic rings. The summed E-state index contributed by atoms with van der Waals surface area (Å²) < 4.78 is 12.5. The van der Waals surface area contributed by atoms with Crippen LogP contribution < -0.4 is 9.47 Å². The van der Waals surface area contributed by atoms with E-state index in [1.54, 1.807) is 0 Å². The summed E-state index contributed by atoms with van der Waals surface area (Å²) in [6, 6.07) is 7.91. The predicted molar refractivity (Wildman–Crippen MR) is 104 cm³/mol.